The van der Waals surface area contributed by atoms with Gasteiger partial charge in [-0.3, -0.25) is 0 Å². The van der Waals surface area contributed by atoms with Crippen molar-refractivity contribution in [2.75, 3.05) is 5.84 Å². The third-order valence-corrected chi connectivity index (χ3v) is 4.88. The van der Waals surface area contributed by atoms with Crippen molar-refractivity contribution in [3.05, 3.63) is 83.5 Å². The smallest absolute Gasteiger partial charge is 0.237 e. The predicted molar refractivity (Wildman–Crippen MR) is 104 cm³/mol. The molecule has 0 amide bonds. The molecule has 10 heteroatoms. The molecule has 2 N–H and O–H groups in total. The van der Waals surface area contributed by atoms with Crippen LogP contribution in [0.4, 0.5) is 4.39 Å². The minimum Gasteiger partial charge on any atom is -0.486 e. The van der Waals surface area contributed by atoms with Crippen molar-refractivity contribution in [3.8, 4) is 5.75 Å². The number of nitrogens with zero attached hydrogens (tertiary/aromatic N) is 5. The number of thioether (sulfide) groups is 1. The maximum Gasteiger partial charge on any atom is 0.237 e. The second-order valence-electron chi connectivity index (χ2n) is 6.07. The Morgan fingerprint density at radius 1 is 1.07 bits per heavy atom. The standard InChI is InChI=1S/C19H17FN6O2S/c20-14-6-8-15(9-7-14)27-11-17-23-24-19(26(17)21)29-12-18-22-16(25-28-18)10-13-4-2-1-3-5-13/h1-9H,10-12,21H2. The Kier molecular flexibility index (Phi) is 5.71. The lowest BCUT2D eigenvalue weighted by atomic mass is 10.1. The molecule has 0 bridgehead atoms. The first-order valence-electron chi connectivity index (χ1n) is 8.73. The summed E-state index contributed by atoms with van der Waals surface area (Å²) in [5, 5.41) is 12.6. The highest BCUT2D eigenvalue weighted by molar-refractivity contribution is 7.98. The molecule has 29 heavy (non-hydrogen) atoms. The topological polar surface area (TPSA) is 105 Å². The van der Waals surface area contributed by atoms with Gasteiger partial charge in [-0.2, -0.15) is 4.98 Å². The van der Waals surface area contributed by atoms with Crippen LogP contribution in [0, 0.1) is 5.82 Å². The van der Waals surface area contributed by atoms with Gasteiger partial charge in [0.1, 0.15) is 18.2 Å². The molecular formula is C19H17FN6O2S. The number of aromatic nitrogens is 5. The zero-order valence-corrected chi connectivity index (χ0v) is 16.1. The second kappa shape index (κ2) is 8.74. The van der Waals surface area contributed by atoms with Gasteiger partial charge < -0.3 is 15.1 Å². The fourth-order valence-electron chi connectivity index (χ4n) is 2.51. The number of nitrogen functional groups attached to an aromatic ring is 1. The fourth-order valence-corrected chi connectivity index (χ4v) is 3.22. The highest BCUT2D eigenvalue weighted by atomic mass is 32.2. The Morgan fingerprint density at radius 2 is 1.86 bits per heavy atom. The van der Waals surface area contributed by atoms with E-state index in [0.717, 1.165) is 5.56 Å². The van der Waals surface area contributed by atoms with Crippen molar-refractivity contribution in [3.63, 3.8) is 0 Å². The Labute approximate surface area is 169 Å². The quantitative estimate of drug-likeness (QED) is 0.348. The van der Waals surface area contributed by atoms with E-state index in [4.69, 9.17) is 15.1 Å². The fraction of sp³-hybridized carbons (Fsp3) is 0.158. The zero-order chi connectivity index (χ0) is 20.1. The molecule has 0 fully saturated rings. The average molecular weight is 412 g/mol. The van der Waals surface area contributed by atoms with E-state index in [2.05, 4.69) is 20.3 Å². The number of benzene rings is 2. The first kappa shape index (κ1) is 18.9. The molecule has 0 aliphatic heterocycles. The second-order valence-corrected chi connectivity index (χ2v) is 7.01. The molecule has 0 saturated carbocycles. The predicted octanol–water partition coefficient (Wildman–Crippen LogP) is 2.98. The van der Waals surface area contributed by atoms with Crippen LogP contribution >= 0.6 is 11.8 Å². The summed E-state index contributed by atoms with van der Waals surface area (Å²) in [6.45, 7) is 0.109. The van der Waals surface area contributed by atoms with Crippen LogP contribution in [0.2, 0.25) is 0 Å². The number of halogens is 1. The number of hydrogen-bond donors (Lipinski definition) is 1. The monoisotopic (exact) mass is 412 g/mol. The summed E-state index contributed by atoms with van der Waals surface area (Å²) >= 11 is 1.33. The van der Waals surface area contributed by atoms with Gasteiger partial charge in [-0.25, -0.2) is 9.07 Å². The molecular weight excluding hydrogens is 395 g/mol. The van der Waals surface area contributed by atoms with Crippen LogP contribution in [-0.2, 0) is 18.8 Å². The third-order valence-electron chi connectivity index (χ3n) is 3.96. The number of ether oxygens (including phenoxy) is 1. The third kappa shape index (κ3) is 4.91. The first-order valence-corrected chi connectivity index (χ1v) is 9.72. The molecule has 8 nitrogen and oxygen atoms in total. The van der Waals surface area contributed by atoms with Gasteiger partial charge >= 0.3 is 0 Å². The molecule has 0 saturated heterocycles. The van der Waals surface area contributed by atoms with E-state index in [0.29, 0.717) is 40.6 Å². The highest BCUT2D eigenvalue weighted by Crippen LogP contribution is 2.20. The van der Waals surface area contributed by atoms with E-state index in [1.165, 1.54) is 40.7 Å². The summed E-state index contributed by atoms with van der Waals surface area (Å²) in [5.74, 6) is 8.16. The molecule has 0 atom stereocenters. The van der Waals surface area contributed by atoms with Crippen LogP contribution in [0.15, 0.2) is 64.3 Å². The van der Waals surface area contributed by atoms with Crippen molar-refractivity contribution in [2.45, 2.75) is 23.9 Å². The molecule has 0 radical (unpaired) electrons. The average Bonchev–Trinajstić information content (AvgIpc) is 3.33. The van der Waals surface area contributed by atoms with Crippen molar-refractivity contribution in [1.82, 2.24) is 25.0 Å². The molecule has 148 valence electrons. The van der Waals surface area contributed by atoms with Crippen LogP contribution in [-0.4, -0.2) is 25.0 Å². The van der Waals surface area contributed by atoms with Gasteiger partial charge in [-0.15, -0.1) is 10.2 Å². The number of hydrogen-bond acceptors (Lipinski definition) is 8. The minimum absolute atomic E-state index is 0.109. The van der Waals surface area contributed by atoms with Crippen LogP contribution in [0.1, 0.15) is 23.1 Å². The van der Waals surface area contributed by atoms with Crippen LogP contribution < -0.4 is 10.6 Å². The Morgan fingerprint density at radius 3 is 2.66 bits per heavy atom. The van der Waals surface area contributed by atoms with Crippen LogP contribution in [0.5, 0.6) is 5.75 Å². The lowest BCUT2D eigenvalue weighted by Crippen LogP contribution is -2.15. The lowest BCUT2D eigenvalue weighted by molar-refractivity contribution is 0.291. The minimum atomic E-state index is -0.328. The number of nitrogens with two attached hydrogens (primary N) is 1. The van der Waals surface area contributed by atoms with Gasteiger partial charge in [-0.05, 0) is 29.8 Å². The summed E-state index contributed by atoms with van der Waals surface area (Å²) in [5.41, 5.74) is 1.11. The Hall–Kier alpha value is -3.40. The van der Waals surface area contributed by atoms with Gasteiger partial charge in [-0.1, -0.05) is 47.3 Å². The molecule has 4 rings (SSSR count). The summed E-state index contributed by atoms with van der Waals surface area (Å²) in [7, 11) is 0. The van der Waals surface area contributed by atoms with Gasteiger partial charge in [0.15, 0.2) is 11.6 Å². The van der Waals surface area contributed by atoms with E-state index in [1.54, 1.807) is 0 Å². The Bertz CT molecular complexity index is 1070. The zero-order valence-electron chi connectivity index (χ0n) is 15.2. The molecule has 2 aromatic heterocycles. The maximum absolute atomic E-state index is 12.9. The van der Waals surface area contributed by atoms with Gasteiger partial charge in [0, 0.05) is 6.42 Å². The lowest BCUT2D eigenvalue weighted by Gasteiger charge is -2.05. The molecule has 2 heterocycles. The molecule has 2 aromatic carbocycles. The Balaban J connectivity index is 1.32. The van der Waals surface area contributed by atoms with Crippen LogP contribution in [0.25, 0.3) is 0 Å². The molecule has 4 aromatic rings. The van der Waals surface area contributed by atoms with Crippen LogP contribution in [0.3, 0.4) is 0 Å². The van der Waals surface area contributed by atoms with E-state index >= 15 is 0 Å². The van der Waals surface area contributed by atoms with Crippen molar-refractivity contribution in [2.24, 2.45) is 0 Å². The van der Waals surface area contributed by atoms with E-state index in [-0.39, 0.29) is 12.4 Å². The highest BCUT2D eigenvalue weighted by Gasteiger charge is 2.14. The van der Waals surface area contributed by atoms with E-state index in [9.17, 15) is 4.39 Å². The number of rotatable bonds is 8. The van der Waals surface area contributed by atoms with Crippen molar-refractivity contribution < 1.29 is 13.7 Å². The molecule has 0 unspecified atom stereocenters. The summed E-state index contributed by atoms with van der Waals surface area (Å²) < 4.78 is 25.1. The molecule has 0 aliphatic carbocycles. The molecule has 0 spiro atoms. The maximum atomic E-state index is 12.9. The van der Waals surface area contributed by atoms with Crippen molar-refractivity contribution >= 4 is 11.8 Å². The van der Waals surface area contributed by atoms with Crippen molar-refractivity contribution in [1.29, 1.82) is 0 Å². The summed E-state index contributed by atoms with van der Waals surface area (Å²) in [4.78, 5) is 4.39. The largest absolute Gasteiger partial charge is 0.486 e. The van der Waals surface area contributed by atoms with E-state index < -0.39 is 0 Å². The first-order chi connectivity index (χ1) is 14.2. The van der Waals surface area contributed by atoms with Gasteiger partial charge in [0.2, 0.25) is 11.0 Å². The van der Waals surface area contributed by atoms with E-state index in [1.807, 2.05) is 30.3 Å². The van der Waals surface area contributed by atoms with Gasteiger partial charge in [0.25, 0.3) is 0 Å². The summed E-state index contributed by atoms with van der Waals surface area (Å²) in [6.07, 6.45) is 0.604. The van der Waals surface area contributed by atoms with Gasteiger partial charge in [0.05, 0.1) is 5.75 Å². The summed E-state index contributed by atoms with van der Waals surface area (Å²) in [6, 6.07) is 15.6. The SMILES string of the molecule is Nn1c(COc2ccc(F)cc2)nnc1SCc1nc(Cc2ccccc2)no1. The molecule has 0 aliphatic rings. The normalized spacial score (nSPS) is 10.9.